The molecule has 1 aromatic rings. The van der Waals surface area contributed by atoms with Crippen molar-refractivity contribution in [3.63, 3.8) is 0 Å². The van der Waals surface area contributed by atoms with Crippen molar-refractivity contribution in [1.82, 2.24) is 10.6 Å². The highest BCUT2D eigenvalue weighted by atomic mass is 35.5. The van der Waals surface area contributed by atoms with Crippen molar-refractivity contribution in [2.45, 2.75) is 18.2 Å². The molecular formula is C13H21ClN2O3S. The molecule has 2 N–H and O–H groups in total. The average molecular weight is 321 g/mol. The Hall–Kier alpha value is -1.11. The van der Waals surface area contributed by atoms with Crippen LogP contribution in [0.1, 0.15) is 23.7 Å². The number of hydrogen-bond donors (Lipinski definition) is 2. The summed E-state index contributed by atoms with van der Waals surface area (Å²) in [5, 5.41) is 5.91. The first-order chi connectivity index (χ1) is 8.95. The van der Waals surface area contributed by atoms with E-state index in [1.807, 2.05) is 0 Å². The molecule has 0 fully saturated rings. The average Bonchev–Trinajstić information content (AvgIpc) is 2.37. The van der Waals surface area contributed by atoms with Gasteiger partial charge in [-0.3, -0.25) is 4.79 Å². The predicted molar refractivity (Wildman–Crippen MR) is 82.3 cm³/mol. The summed E-state index contributed by atoms with van der Waals surface area (Å²) in [5.74, 6) is -0.260. The zero-order chi connectivity index (χ0) is 14.3. The Morgan fingerprint density at radius 2 is 1.90 bits per heavy atom. The van der Waals surface area contributed by atoms with Crippen LogP contribution < -0.4 is 10.6 Å². The fourth-order valence-corrected chi connectivity index (χ4v) is 2.20. The second kappa shape index (κ2) is 8.94. The van der Waals surface area contributed by atoms with E-state index in [9.17, 15) is 13.2 Å². The summed E-state index contributed by atoms with van der Waals surface area (Å²) in [4.78, 5) is 12.0. The molecule has 114 valence electrons. The van der Waals surface area contributed by atoms with Gasteiger partial charge in [-0.15, -0.1) is 12.4 Å². The van der Waals surface area contributed by atoms with Gasteiger partial charge in [0.1, 0.15) is 0 Å². The van der Waals surface area contributed by atoms with Gasteiger partial charge < -0.3 is 10.6 Å². The number of rotatable bonds is 7. The summed E-state index contributed by atoms with van der Waals surface area (Å²) in [6.45, 7) is 4.20. The zero-order valence-electron chi connectivity index (χ0n) is 11.7. The lowest BCUT2D eigenvalue weighted by Gasteiger charge is -2.07. The molecular weight excluding hydrogens is 300 g/mol. The smallest absolute Gasteiger partial charge is 0.251 e. The van der Waals surface area contributed by atoms with Gasteiger partial charge in [0.15, 0.2) is 9.84 Å². The number of benzene rings is 1. The van der Waals surface area contributed by atoms with Gasteiger partial charge in [-0.1, -0.05) is 13.0 Å². The molecule has 20 heavy (non-hydrogen) atoms. The van der Waals surface area contributed by atoms with E-state index in [4.69, 9.17) is 0 Å². The minimum Gasteiger partial charge on any atom is -0.351 e. The van der Waals surface area contributed by atoms with E-state index >= 15 is 0 Å². The largest absolute Gasteiger partial charge is 0.351 e. The summed E-state index contributed by atoms with van der Waals surface area (Å²) in [6.07, 6.45) is 2.17. The van der Waals surface area contributed by atoms with E-state index < -0.39 is 9.84 Å². The summed E-state index contributed by atoms with van der Waals surface area (Å²) < 4.78 is 22.8. The molecule has 0 bridgehead atoms. The topological polar surface area (TPSA) is 75.3 Å². The number of amides is 1. The molecule has 1 amide bonds. The molecule has 0 atom stereocenters. The minimum atomic E-state index is -3.28. The Labute approximate surface area is 126 Å². The fraction of sp³-hybridized carbons (Fsp3) is 0.462. The summed E-state index contributed by atoms with van der Waals surface area (Å²) >= 11 is 0. The van der Waals surface area contributed by atoms with E-state index in [2.05, 4.69) is 17.6 Å². The van der Waals surface area contributed by atoms with E-state index in [0.29, 0.717) is 18.7 Å². The second-order valence-corrected chi connectivity index (χ2v) is 6.32. The van der Waals surface area contributed by atoms with Crippen LogP contribution in [-0.4, -0.2) is 40.2 Å². The Morgan fingerprint density at radius 3 is 2.50 bits per heavy atom. The van der Waals surface area contributed by atoms with Crippen molar-refractivity contribution in [2.24, 2.45) is 0 Å². The van der Waals surface area contributed by atoms with Gasteiger partial charge >= 0.3 is 0 Å². The van der Waals surface area contributed by atoms with Gasteiger partial charge in [0.25, 0.3) is 5.91 Å². The molecule has 0 unspecified atom stereocenters. The number of carbonyl (C=O) groups is 1. The number of sulfone groups is 1. The van der Waals surface area contributed by atoms with Gasteiger partial charge in [-0.05, 0) is 31.2 Å². The molecule has 1 aromatic carbocycles. The molecule has 0 heterocycles. The summed E-state index contributed by atoms with van der Waals surface area (Å²) in [6, 6.07) is 6.04. The van der Waals surface area contributed by atoms with Crippen LogP contribution >= 0.6 is 12.4 Å². The van der Waals surface area contributed by atoms with E-state index in [1.54, 1.807) is 12.1 Å². The Balaban J connectivity index is 0.00000361. The zero-order valence-corrected chi connectivity index (χ0v) is 13.3. The van der Waals surface area contributed by atoms with Crippen LogP contribution in [0.3, 0.4) is 0 Å². The lowest BCUT2D eigenvalue weighted by Crippen LogP contribution is -2.32. The molecule has 0 aliphatic carbocycles. The van der Waals surface area contributed by atoms with Crippen LogP contribution in [0.15, 0.2) is 29.2 Å². The van der Waals surface area contributed by atoms with Crippen molar-refractivity contribution in [2.75, 3.05) is 25.9 Å². The van der Waals surface area contributed by atoms with E-state index in [0.717, 1.165) is 19.2 Å². The lowest BCUT2D eigenvalue weighted by atomic mass is 10.2. The first-order valence-electron chi connectivity index (χ1n) is 6.24. The maximum absolute atomic E-state index is 11.8. The number of nitrogens with one attached hydrogen (secondary N) is 2. The highest BCUT2D eigenvalue weighted by Crippen LogP contribution is 2.11. The Morgan fingerprint density at radius 1 is 1.20 bits per heavy atom. The SMILES string of the molecule is CCCNCCNC(=O)c1cccc(S(C)(=O)=O)c1.Cl. The molecule has 0 spiro atoms. The highest BCUT2D eigenvalue weighted by Gasteiger charge is 2.10. The minimum absolute atomic E-state index is 0. The van der Waals surface area contributed by atoms with Gasteiger partial charge in [0.05, 0.1) is 4.90 Å². The molecule has 0 aliphatic rings. The lowest BCUT2D eigenvalue weighted by molar-refractivity contribution is 0.0953. The van der Waals surface area contributed by atoms with Crippen molar-refractivity contribution < 1.29 is 13.2 Å². The van der Waals surface area contributed by atoms with Gasteiger partial charge in [-0.25, -0.2) is 8.42 Å². The first-order valence-corrected chi connectivity index (χ1v) is 8.13. The molecule has 1 rings (SSSR count). The quantitative estimate of drug-likeness (QED) is 0.741. The third kappa shape index (κ3) is 6.36. The summed E-state index contributed by atoms with van der Waals surface area (Å²) in [5.41, 5.74) is 0.360. The molecule has 0 saturated heterocycles. The molecule has 5 nitrogen and oxygen atoms in total. The van der Waals surface area contributed by atoms with Gasteiger partial charge in [0, 0.05) is 24.9 Å². The summed E-state index contributed by atoms with van der Waals surface area (Å²) in [7, 11) is -3.28. The molecule has 0 aromatic heterocycles. The van der Waals surface area contributed by atoms with Crippen molar-refractivity contribution in [3.05, 3.63) is 29.8 Å². The third-order valence-electron chi connectivity index (χ3n) is 2.54. The predicted octanol–water partition coefficient (Wildman–Crippen LogP) is 1.24. The number of carbonyl (C=O) groups excluding carboxylic acids is 1. The molecule has 0 aliphatic heterocycles. The Kier molecular flexibility index (Phi) is 8.45. The van der Waals surface area contributed by atoms with Crippen molar-refractivity contribution in [1.29, 1.82) is 0 Å². The van der Waals surface area contributed by atoms with Gasteiger partial charge in [-0.2, -0.15) is 0 Å². The monoisotopic (exact) mass is 320 g/mol. The van der Waals surface area contributed by atoms with Crippen LogP contribution in [0.5, 0.6) is 0 Å². The van der Waals surface area contributed by atoms with Crippen molar-refractivity contribution >= 4 is 28.2 Å². The van der Waals surface area contributed by atoms with Crippen LogP contribution in [0.25, 0.3) is 0 Å². The van der Waals surface area contributed by atoms with Crippen LogP contribution in [0.4, 0.5) is 0 Å². The molecule has 7 heteroatoms. The van der Waals surface area contributed by atoms with Crippen LogP contribution in [0.2, 0.25) is 0 Å². The van der Waals surface area contributed by atoms with Crippen molar-refractivity contribution in [3.8, 4) is 0 Å². The second-order valence-electron chi connectivity index (χ2n) is 4.31. The van der Waals surface area contributed by atoms with Crippen LogP contribution in [-0.2, 0) is 9.84 Å². The first kappa shape index (κ1) is 18.9. The standard InChI is InChI=1S/C13H20N2O3S.ClH/c1-3-7-14-8-9-15-13(16)11-5-4-6-12(10-11)19(2,17)18;/h4-6,10,14H,3,7-9H2,1-2H3,(H,15,16);1H. The van der Waals surface area contributed by atoms with Gasteiger partial charge in [0.2, 0.25) is 0 Å². The third-order valence-corrected chi connectivity index (χ3v) is 3.65. The normalized spacial score (nSPS) is 10.7. The van der Waals surface area contributed by atoms with E-state index in [-0.39, 0.29) is 23.2 Å². The molecule has 0 saturated carbocycles. The van der Waals surface area contributed by atoms with Crippen LogP contribution in [0, 0.1) is 0 Å². The number of halogens is 1. The molecule has 0 radical (unpaired) electrons. The maximum Gasteiger partial charge on any atom is 0.251 e. The maximum atomic E-state index is 11.8. The number of hydrogen-bond acceptors (Lipinski definition) is 4. The fourth-order valence-electron chi connectivity index (χ4n) is 1.54. The van der Waals surface area contributed by atoms with E-state index in [1.165, 1.54) is 12.1 Å². The Bertz CT molecular complexity index is 532. The highest BCUT2D eigenvalue weighted by molar-refractivity contribution is 7.90.